The molecule has 0 bridgehead atoms. The molecule has 0 unspecified atom stereocenters. The minimum atomic E-state index is -1.02. The van der Waals surface area contributed by atoms with Crippen molar-refractivity contribution in [1.82, 2.24) is 15.0 Å². The average Bonchev–Trinajstić information content (AvgIpc) is 3.38. The van der Waals surface area contributed by atoms with Crippen LogP contribution in [0, 0.1) is 19.8 Å². The molecule has 7 heteroatoms. The second-order valence-electron chi connectivity index (χ2n) is 8.95. The van der Waals surface area contributed by atoms with Gasteiger partial charge in [-0.3, -0.25) is 4.98 Å². The molecular formula is C23H29N3O4. The highest BCUT2D eigenvalue weighted by Crippen LogP contribution is 2.49. The van der Waals surface area contributed by atoms with E-state index in [0.717, 1.165) is 12.1 Å². The minimum absolute atomic E-state index is 0.424. The van der Waals surface area contributed by atoms with Gasteiger partial charge in [0.1, 0.15) is 5.82 Å². The standard InChI is InChI=1S/C23H29N3O4/c1-15-3-4-20(25-12-15)18-11-17(18)14-28-21-19(13-24-16(2)26-21)22(27)5-7-23(8-6-22)29-9-10-30-23/h3-4,12-13,17-18,27H,5-11,14H2,1-2H3/t17-,18+/m1/s1. The van der Waals surface area contributed by atoms with E-state index in [2.05, 4.69) is 27.1 Å². The minimum Gasteiger partial charge on any atom is -0.477 e. The van der Waals surface area contributed by atoms with Crippen LogP contribution in [0.15, 0.2) is 24.5 Å². The molecule has 1 aliphatic heterocycles. The number of aromatic nitrogens is 3. The van der Waals surface area contributed by atoms with E-state index < -0.39 is 11.4 Å². The van der Waals surface area contributed by atoms with Gasteiger partial charge in [-0.15, -0.1) is 0 Å². The van der Waals surface area contributed by atoms with Gasteiger partial charge >= 0.3 is 0 Å². The molecule has 3 aliphatic rings. The number of rotatable bonds is 5. The van der Waals surface area contributed by atoms with Crippen LogP contribution in [-0.4, -0.2) is 45.7 Å². The summed E-state index contributed by atoms with van der Waals surface area (Å²) in [6.07, 6.45) is 7.08. The fraction of sp³-hybridized carbons (Fsp3) is 0.609. The lowest BCUT2D eigenvalue weighted by atomic mass is 9.77. The first-order valence-electron chi connectivity index (χ1n) is 10.9. The molecule has 0 amide bonds. The van der Waals surface area contributed by atoms with Crippen molar-refractivity contribution in [2.24, 2.45) is 5.92 Å². The van der Waals surface area contributed by atoms with Gasteiger partial charge in [0.15, 0.2) is 5.79 Å². The number of hydrogen-bond donors (Lipinski definition) is 1. The molecule has 0 radical (unpaired) electrons. The fourth-order valence-electron chi connectivity index (χ4n) is 4.66. The molecule has 1 N–H and O–H groups in total. The monoisotopic (exact) mass is 411 g/mol. The summed E-state index contributed by atoms with van der Waals surface area (Å²) in [7, 11) is 0. The van der Waals surface area contributed by atoms with E-state index in [1.807, 2.05) is 20.0 Å². The predicted molar refractivity (Wildman–Crippen MR) is 109 cm³/mol. The third kappa shape index (κ3) is 3.82. The van der Waals surface area contributed by atoms with Gasteiger partial charge in [0.2, 0.25) is 5.88 Å². The van der Waals surface area contributed by atoms with E-state index in [1.54, 1.807) is 6.20 Å². The van der Waals surface area contributed by atoms with Crippen molar-refractivity contribution in [3.05, 3.63) is 47.2 Å². The lowest BCUT2D eigenvalue weighted by molar-refractivity contribution is -0.204. The molecule has 0 aromatic carbocycles. The summed E-state index contributed by atoms with van der Waals surface area (Å²) in [5.74, 6) is 1.47. The van der Waals surface area contributed by atoms with Crippen LogP contribution in [0.25, 0.3) is 0 Å². The summed E-state index contributed by atoms with van der Waals surface area (Å²) in [6.45, 7) is 5.70. The Labute approximate surface area is 176 Å². The largest absolute Gasteiger partial charge is 0.477 e. The van der Waals surface area contributed by atoms with E-state index in [9.17, 15) is 5.11 Å². The number of pyridine rings is 1. The molecular weight excluding hydrogens is 382 g/mol. The average molecular weight is 412 g/mol. The topological polar surface area (TPSA) is 86.6 Å². The number of hydrogen-bond acceptors (Lipinski definition) is 7. The van der Waals surface area contributed by atoms with Crippen LogP contribution >= 0.6 is 0 Å². The van der Waals surface area contributed by atoms with Crippen molar-refractivity contribution in [3.63, 3.8) is 0 Å². The molecule has 2 aliphatic carbocycles. The van der Waals surface area contributed by atoms with Crippen molar-refractivity contribution in [2.45, 2.75) is 63.3 Å². The Morgan fingerprint density at radius 1 is 1.07 bits per heavy atom. The van der Waals surface area contributed by atoms with Crippen LogP contribution in [0.1, 0.15) is 60.7 Å². The van der Waals surface area contributed by atoms with E-state index in [-0.39, 0.29) is 0 Å². The van der Waals surface area contributed by atoms with E-state index in [4.69, 9.17) is 14.2 Å². The number of ether oxygens (including phenoxy) is 3. The second-order valence-corrected chi connectivity index (χ2v) is 8.95. The lowest BCUT2D eigenvalue weighted by Crippen LogP contribution is -2.42. The zero-order valence-corrected chi connectivity index (χ0v) is 17.6. The van der Waals surface area contributed by atoms with Gasteiger partial charge in [-0.05, 0) is 44.7 Å². The zero-order valence-electron chi connectivity index (χ0n) is 17.6. The molecule has 5 rings (SSSR count). The van der Waals surface area contributed by atoms with E-state index >= 15 is 0 Å². The van der Waals surface area contributed by atoms with Gasteiger partial charge in [0.05, 0.1) is 31.0 Å². The molecule has 7 nitrogen and oxygen atoms in total. The Balaban J connectivity index is 1.27. The van der Waals surface area contributed by atoms with Gasteiger partial charge < -0.3 is 19.3 Å². The normalized spacial score (nSPS) is 26.6. The maximum Gasteiger partial charge on any atom is 0.222 e. The molecule has 2 aromatic rings. The van der Waals surface area contributed by atoms with Gasteiger partial charge in [0, 0.05) is 42.8 Å². The zero-order chi connectivity index (χ0) is 20.8. The Hall–Kier alpha value is -2.09. The highest BCUT2D eigenvalue weighted by molar-refractivity contribution is 5.31. The van der Waals surface area contributed by atoms with Crippen LogP contribution < -0.4 is 4.74 Å². The maximum absolute atomic E-state index is 11.4. The molecule has 2 atom stereocenters. The smallest absolute Gasteiger partial charge is 0.222 e. The first-order chi connectivity index (χ1) is 14.5. The maximum atomic E-state index is 11.4. The number of aryl methyl sites for hydroxylation is 2. The van der Waals surface area contributed by atoms with Gasteiger partial charge in [-0.25, -0.2) is 4.98 Å². The second kappa shape index (κ2) is 7.55. The molecule has 1 spiro atoms. The lowest BCUT2D eigenvalue weighted by Gasteiger charge is -2.40. The summed E-state index contributed by atoms with van der Waals surface area (Å²) < 4.78 is 17.8. The van der Waals surface area contributed by atoms with Crippen molar-refractivity contribution >= 4 is 0 Å². The van der Waals surface area contributed by atoms with Crippen LogP contribution in [0.5, 0.6) is 5.88 Å². The SMILES string of the molecule is Cc1ccc([C@H]2C[C@@H]2COc2nc(C)ncc2C2(O)CCC3(CC2)OCCO3)nc1. The van der Waals surface area contributed by atoms with Gasteiger partial charge in [-0.2, -0.15) is 4.98 Å². The van der Waals surface area contributed by atoms with Gasteiger partial charge in [-0.1, -0.05) is 6.07 Å². The molecule has 3 heterocycles. The first kappa shape index (κ1) is 19.8. The Morgan fingerprint density at radius 2 is 1.83 bits per heavy atom. The number of aliphatic hydroxyl groups is 1. The van der Waals surface area contributed by atoms with Crippen LogP contribution in [0.2, 0.25) is 0 Å². The third-order valence-corrected chi connectivity index (χ3v) is 6.70. The Morgan fingerprint density at radius 3 is 2.53 bits per heavy atom. The summed E-state index contributed by atoms with van der Waals surface area (Å²) >= 11 is 0. The first-order valence-corrected chi connectivity index (χ1v) is 10.9. The summed E-state index contributed by atoms with van der Waals surface area (Å²) in [5.41, 5.74) is 1.95. The van der Waals surface area contributed by atoms with Crippen molar-refractivity contribution in [1.29, 1.82) is 0 Å². The predicted octanol–water partition coefficient (Wildman–Crippen LogP) is 3.18. The van der Waals surface area contributed by atoms with E-state index in [1.165, 1.54) is 5.56 Å². The molecule has 2 aromatic heterocycles. The van der Waals surface area contributed by atoms with Crippen LogP contribution in [0.3, 0.4) is 0 Å². The van der Waals surface area contributed by atoms with Gasteiger partial charge in [0.25, 0.3) is 0 Å². The van der Waals surface area contributed by atoms with Crippen molar-refractivity contribution < 1.29 is 19.3 Å². The highest BCUT2D eigenvalue weighted by atomic mass is 16.7. The number of nitrogens with zero attached hydrogens (tertiary/aromatic N) is 3. The van der Waals surface area contributed by atoms with Crippen LogP contribution in [-0.2, 0) is 15.1 Å². The van der Waals surface area contributed by atoms with Crippen molar-refractivity contribution in [2.75, 3.05) is 19.8 Å². The quantitative estimate of drug-likeness (QED) is 0.809. The summed E-state index contributed by atoms with van der Waals surface area (Å²) in [5, 5.41) is 11.4. The van der Waals surface area contributed by atoms with Crippen LogP contribution in [0.4, 0.5) is 0 Å². The summed E-state index contributed by atoms with van der Waals surface area (Å²) in [4.78, 5) is 13.4. The highest BCUT2D eigenvalue weighted by Gasteiger charge is 2.48. The van der Waals surface area contributed by atoms with Crippen molar-refractivity contribution in [3.8, 4) is 5.88 Å². The molecule has 1 saturated heterocycles. The molecule has 3 fully saturated rings. The summed E-state index contributed by atoms with van der Waals surface area (Å²) in [6, 6.07) is 4.21. The third-order valence-electron chi connectivity index (χ3n) is 6.70. The fourth-order valence-corrected chi connectivity index (χ4v) is 4.66. The molecule has 2 saturated carbocycles. The Kier molecular flexibility index (Phi) is 5.00. The molecule has 30 heavy (non-hydrogen) atoms. The van der Waals surface area contributed by atoms with E-state index in [0.29, 0.717) is 74.6 Å². The molecule has 160 valence electrons. The Bertz CT molecular complexity index is 901.